The van der Waals surface area contributed by atoms with E-state index in [2.05, 4.69) is 147 Å². The summed E-state index contributed by atoms with van der Waals surface area (Å²) < 4.78 is 2.67. The van der Waals surface area contributed by atoms with Crippen LogP contribution in [0.2, 0.25) is 0 Å². The van der Waals surface area contributed by atoms with Gasteiger partial charge in [0.2, 0.25) is 0 Å². The van der Waals surface area contributed by atoms with Crippen molar-refractivity contribution in [2.45, 2.75) is 19.3 Å². The molecule has 0 amide bonds. The summed E-state index contributed by atoms with van der Waals surface area (Å²) in [5.41, 5.74) is 7.93. The predicted molar refractivity (Wildman–Crippen MR) is 219 cm³/mol. The molecule has 2 aromatic heterocycles. The minimum Gasteiger partial charge on any atom is -0.208 e. The standard InChI is InChI=1S/C48H31N3S/c1-48(2)38-20-10-8-17-34(38)42-37(19-12-21-39(42)48)47-50-45(28-13-4-3-5-14-28)49-46(51-47)30-24-25-31-29(27-30)23-26-36-41(31)32-15-6-7-16-33(32)44-43(36)35-18-9-11-22-40(35)52-44/h3-27H,1-2H3. The summed E-state index contributed by atoms with van der Waals surface area (Å²) in [4.78, 5) is 15.6. The highest BCUT2D eigenvalue weighted by Gasteiger charge is 2.37. The Morgan fingerprint density at radius 2 is 1.10 bits per heavy atom. The lowest BCUT2D eigenvalue weighted by atomic mass is 9.82. The van der Waals surface area contributed by atoms with Gasteiger partial charge in [-0.2, -0.15) is 0 Å². The van der Waals surface area contributed by atoms with E-state index < -0.39 is 0 Å². The van der Waals surface area contributed by atoms with Crippen LogP contribution in [0.5, 0.6) is 0 Å². The van der Waals surface area contributed by atoms with Crippen molar-refractivity contribution in [3.8, 4) is 45.3 Å². The number of hydrogen-bond acceptors (Lipinski definition) is 4. The summed E-state index contributed by atoms with van der Waals surface area (Å²) in [5.74, 6) is 2.02. The van der Waals surface area contributed by atoms with Crippen LogP contribution in [0, 0.1) is 0 Å². The SMILES string of the molecule is CC1(C)c2ccccc2-c2c(-c3nc(-c4ccccc4)nc(-c4ccc5c(ccc6c5c5ccccc5c5sc7ccccc7c65)c4)n3)cccc21. The first-order valence-corrected chi connectivity index (χ1v) is 18.6. The molecule has 1 aliphatic rings. The van der Waals surface area contributed by atoms with Gasteiger partial charge in [-0.15, -0.1) is 11.3 Å². The molecule has 0 N–H and O–H groups in total. The molecule has 11 rings (SSSR count). The topological polar surface area (TPSA) is 38.7 Å². The number of nitrogens with zero attached hydrogens (tertiary/aromatic N) is 3. The van der Waals surface area contributed by atoms with Gasteiger partial charge in [0, 0.05) is 47.7 Å². The maximum absolute atomic E-state index is 5.26. The number of fused-ring (bicyclic) bond motifs is 13. The summed E-state index contributed by atoms with van der Waals surface area (Å²) in [6, 6.07) is 54.5. The fraction of sp³-hybridized carbons (Fsp3) is 0.0625. The summed E-state index contributed by atoms with van der Waals surface area (Å²) in [5, 5.41) is 10.2. The average Bonchev–Trinajstić information content (AvgIpc) is 3.71. The van der Waals surface area contributed by atoms with Crippen LogP contribution in [-0.4, -0.2) is 15.0 Å². The van der Waals surface area contributed by atoms with E-state index in [1.54, 1.807) is 0 Å². The lowest BCUT2D eigenvalue weighted by molar-refractivity contribution is 0.660. The minimum absolute atomic E-state index is 0.119. The Labute approximate surface area is 304 Å². The van der Waals surface area contributed by atoms with Crippen LogP contribution < -0.4 is 0 Å². The molecule has 2 heterocycles. The zero-order valence-corrected chi connectivity index (χ0v) is 29.5. The predicted octanol–water partition coefficient (Wildman–Crippen LogP) is 13.0. The van der Waals surface area contributed by atoms with Crippen LogP contribution in [0.15, 0.2) is 152 Å². The second-order valence-corrected chi connectivity index (χ2v) is 15.4. The van der Waals surface area contributed by atoms with Gasteiger partial charge in [0.05, 0.1) is 0 Å². The first-order chi connectivity index (χ1) is 25.5. The van der Waals surface area contributed by atoms with E-state index in [-0.39, 0.29) is 5.41 Å². The Balaban J connectivity index is 1.16. The van der Waals surface area contributed by atoms with Gasteiger partial charge in [0.25, 0.3) is 0 Å². The molecule has 10 aromatic rings. The molecule has 52 heavy (non-hydrogen) atoms. The molecule has 3 nitrogen and oxygen atoms in total. The van der Waals surface area contributed by atoms with E-state index in [0.29, 0.717) is 17.5 Å². The second kappa shape index (κ2) is 10.9. The van der Waals surface area contributed by atoms with E-state index in [1.165, 1.54) is 69.4 Å². The molecular weight excluding hydrogens is 651 g/mol. The van der Waals surface area contributed by atoms with Gasteiger partial charge in [0.1, 0.15) is 0 Å². The van der Waals surface area contributed by atoms with Gasteiger partial charge in [-0.1, -0.05) is 153 Å². The lowest BCUT2D eigenvalue weighted by Crippen LogP contribution is -2.14. The fourth-order valence-electron chi connectivity index (χ4n) is 8.65. The Morgan fingerprint density at radius 1 is 0.442 bits per heavy atom. The largest absolute Gasteiger partial charge is 0.208 e. The van der Waals surface area contributed by atoms with Crippen molar-refractivity contribution in [3.05, 3.63) is 163 Å². The van der Waals surface area contributed by atoms with E-state index in [9.17, 15) is 0 Å². The molecule has 0 radical (unpaired) electrons. The number of benzene rings is 8. The highest BCUT2D eigenvalue weighted by Crippen LogP contribution is 2.52. The average molecular weight is 682 g/mol. The maximum Gasteiger partial charge on any atom is 0.164 e. The van der Waals surface area contributed by atoms with E-state index in [1.807, 2.05) is 29.5 Å². The quantitative estimate of drug-likeness (QED) is 0.174. The maximum atomic E-state index is 5.26. The Bertz CT molecular complexity index is 3100. The van der Waals surface area contributed by atoms with Crippen LogP contribution in [0.25, 0.3) is 97.8 Å². The number of thiophene rings is 1. The normalized spacial score (nSPS) is 13.3. The van der Waals surface area contributed by atoms with Gasteiger partial charge in [-0.3, -0.25) is 0 Å². The molecule has 244 valence electrons. The molecule has 1 aliphatic carbocycles. The third-order valence-electron chi connectivity index (χ3n) is 11.1. The monoisotopic (exact) mass is 681 g/mol. The van der Waals surface area contributed by atoms with Crippen LogP contribution in [0.3, 0.4) is 0 Å². The van der Waals surface area contributed by atoms with Crippen molar-refractivity contribution < 1.29 is 0 Å². The molecular formula is C48H31N3S. The van der Waals surface area contributed by atoms with Crippen molar-refractivity contribution in [3.63, 3.8) is 0 Å². The Hall–Kier alpha value is -6.23. The van der Waals surface area contributed by atoms with Gasteiger partial charge in [0.15, 0.2) is 17.5 Å². The van der Waals surface area contributed by atoms with Crippen molar-refractivity contribution in [2.75, 3.05) is 0 Å². The highest BCUT2D eigenvalue weighted by molar-refractivity contribution is 7.27. The van der Waals surface area contributed by atoms with Crippen molar-refractivity contribution in [1.29, 1.82) is 0 Å². The van der Waals surface area contributed by atoms with Crippen LogP contribution in [0.4, 0.5) is 0 Å². The molecule has 8 aromatic carbocycles. The highest BCUT2D eigenvalue weighted by atomic mass is 32.1. The van der Waals surface area contributed by atoms with Crippen molar-refractivity contribution in [1.82, 2.24) is 15.0 Å². The van der Waals surface area contributed by atoms with Gasteiger partial charge < -0.3 is 0 Å². The third kappa shape index (κ3) is 4.16. The second-order valence-electron chi connectivity index (χ2n) is 14.3. The molecule has 0 saturated carbocycles. The van der Waals surface area contributed by atoms with Crippen LogP contribution in [-0.2, 0) is 5.41 Å². The zero-order chi connectivity index (χ0) is 34.6. The van der Waals surface area contributed by atoms with Crippen LogP contribution >= 0.6 is 11.3 Å². The van der Waals surface area contributed by atoms with Crippen molar-refractivity contribution >= 4 is 63.8 Å². The first-order valence-electron chi connectivity index (χ1n) is 17.8. The summed E-state index contributed by atoms with van der Waals surface area (Å²) >= 11 is 1.89. The Morgan fingerprint density at radius 3 is 1.96 bits per heavy atom. The Kier molecular flexibility index (Phi) is 6.17. The van der Waals surface area contributed by atoms with Crippen LogP contribution in [0.1, 0.15) is 25.0 Å². The van der Waals surface area contributed by atoms with E-state index in [4.69, 9.17) is 15.0 Å². The zero-order valence-electron chi connectivity index (χ0n) is 28.7. The van der Waals surface area contributed by atoms with Gasteiger partial charge in [-0.25, -0.2) is 15.0 Å². The molecule has 0 unspecified atom stereocenters. The summed E-state index contributed by atoms with van der Waals surface area (Å²) in [6.45, 7) is 4.62. The smallest absolute Gasteiger partial charge is 0.164 e. The summed E-state index contributed by atoms with van der Waals surface area (Å²) in [6.07, 6.45) is 0. The molecule has 0 fully saturated rings. The molecule has 0 saturated heterocycles. The number of aromatic nitrogens is 3. The third-order valence-corrected chi connectivity index (χ3v) is 12.3. The van der Waals surface area contributed by atoms with E-state index in [0.717, 1.165) is 22.1 Å². The molecule has 0 atom stereocenters. The number of rotatable bonds is 3. The lowest BCUT2D eigenvalue weighted by Gasteiger charge is -2.21. The fourth-order valence-corrected chi connectivity index (χ4v) is 9.91. The number of hydrogen-bond donors (Lipinski definition) is 0. The summed E-state index contributed by atoms with van der Waals surface area (Å²) in [7, 11) is 0. The van der Waals surface area contributed by atoms with Crippen molar-refractivity contribution in [2.24, 2.45) is 0 Å². The molecule has 4 heteroatoms. The molecule has 0 aliphatic heterocycles. The minimum atomic E-state index is -0.119. The molecule has 0 spiro atoms. The first kappa shape index (κ1) is 29.5. The van der Waals surface area contributed by atoms with Gasteiger partial charge >= 0.3 is 0 Å². The molecule has 0 bridgehead atoms. The van der Waals surface area contributed by atoms with Gasteiger partial charge in [-0.05, 0) is 61.3 Å². The van der Waals surface area contributed by atoms with E-state index >= 15 is 0 Å².